The maximum atomic E-state index is 9.57. The van der Waals surface area contributed by atoms with Gasteiger partial charge in [0.05, 0.1) is 19.8 Å². The number of tetrazole rings is 1. The Hall–Kier alpha value is -1.47. The van der Waals surface area contributed by atoms with E-state index in [1.165, 1.54) is 4.80 Å². The minimum absolute atomic E-state index is 0.338. The van der Waals surface area contributed by atoms with E-state index in [1.54, 1.807) is 7.11 Å². The van der Waals surface area contributed by atoms with Crippen LogP contribution in [0.2, 0.25) is 0 Å². The number of halogens is 1. The molecule has 0 aliphatic rings. The van der Waals surface area contributed by atoms with Crippen molar-refractivity contribution in [3.05, 3.63) is 22.7 Å². The first-order valence-corrected chi connectivity index (χ1v) is 6.73. The molecule has 1 heterocycles. The lowest BCUT2D eigenvalue weighted by Crippen LogP contribution is -2.16. The molecule has 1 atom stereocenters. The van der Waals surface area contributed by atoms with Gasteiger partial charge in [-0.05, 0) is 29.8 Å². The molecule has 1 N–H and O–H groups in total. The van der Waals surface area contributed by atoms with Crippen molar-refractivity contribution >= 4 is 15.9 Å². The number of benzene rings is 1. The fourth-order valence-corrected chi connectivity index (χ4v) is 1.97. The van der Waals surface area contributed by atoms with Gasteiger partial charge in [0.1, 0.15) is 5.75 Å². The summed E-state index contributed by atoms with van der Waals surface area (Å²) in [6.07, 6.45) is 0.190. The highest BCUT2D eigenvalue weighted by Crippen LogP contribution is 2.29. The van der Waals surface area contributed by atoms with Crippen LogP contribution in [0.5, 0.6) is 5.75 Å². The highest BCUT2D eigenvalue weighted by atomic mass is 79.9. The van der Waals surface area contributed by atoms with Gasteiger partial charge in [0, 0.05) is 10.0 Å². The van der Waals surface area contributed by atoms with E-state index in [2.05, 4.69) is 31.3 Å². The Morgan fingerprint density at radius 2 is 2.26 bits per heavy atom. The predicted molar refractivity (Wildman–Crippen MR) is 73.8 cm³/mol. The van der Waals surface area contributed by atoms with Gasteiger partial charge in [-0.15, -0.1) is 10.2 Å². The number of nitrogens with zero attached hydrogens (tertiary/aromatic N) is 4. The van der Waals surface area contributed by atoms with Crippen molar-refractivity contribution in [1.29, 1.82) is 0 Å². The lowest BCUT2D eigenvalue weighted by atomic mass is 10.2. The van der Waals surface area contributed by atoms with Gasteiger partial charge in [0.25, 0.3) is 0 Å². The highest BCUT2D eigenvalue weighted by Gasteiger charge is 2.12. The standard InChI is InChI=1S/C12H15BrN4O2/c1-3-8(18)7-17-15-12(14-16-17)10-6-9(19-2)4-5-11(10)13/h4-6,8,18H,3,7H2,1-2H3/t8-/m1/s1. The molecule has 102 valence electrons. The molecule has 0 saturated carbocycles. The number of hydrogen-bond acceptors (Lipinski definition) is 5. The normalized spacial score (nSPS) is 12.4. The number of hydrogen-bond donors (Lipinski definition) is 1. The van der Waals surface area contributed by atoms with E-state index >= 15 is 0 Å². The Labute approximate surface area is 119 Å². The molecule has 0 unspecified atom stereocenters. The summed E-state index contributed by atoms with van der Waals surface area (Å²) in [4.78, 5) is 1.40. The second-order valence-corrected chi connectivity index (χ2v) is 4.93. The summed E-state index contributed by atoms with van der Waals surface area (Å²) in [5, 5.41) is 21.7. The lowest BCUT2D eigenvalue weighted by Gasteiger charge is -2.05. The van der Waals surface area contributed by atoms with Crippen molar-refractivity contribution in [3.63, 3.8) is 0 Å². The van der Waals surface area contributed by atoms with Gasteiger partial charge < -0.3 is 9.84 Å². The molecule has 0 fully saturated rings. The molecule has 2 aromatic rings. The van der Waals surface area contributed by atoms with Gasteiger partial charge in [-0.3, -0.25) is 0 Å². The molecule has 6 nitrogen and oxygen atoms in total. The van der Waals surface area contributed by atoms with Crippen molar-refractivity contribution in [2.24, 2.45) is 0 Å². The predicted octanol–water partition coefficient (Wildman–Crippen LogP) is 1.88. The van der Waals surface area contributed by atoms with E-state index in [1.807, 2.05) is 25.1 Å². The zero-order valence-corrected chi connectivity index (χ0v) is 12.3. The third-order valence-corrected chi connectivity index (χ3v) is 3.40. The van der Waals surface area contributed by atoms with Crippen LogP contribution in [0.1, 0.15) is 13.3 Å². The summed E-state index contributed by atoms with van der Waals surface area (Å²) in [5.41, 5.74) is 0.802. The molecule has 0 aliphatic heterocycles. The average Bonchev–Trinajstić information content (AvgIpc) is 2.87. The van der Waals surface area contributed by atoms with Crippen LogP contribution in [0.4, 0.5) is 0 Å². The molecule has 0 radical (unpaired) electrons. The molecule has 0 aliphatic carbocycles. The van der Waals surface area contributed by atoms with E-state index < -0.39 is 6.10 Å². The number of aliphatic hydroxyl groups is 1. The minimum atomic E-state index is -0.462. The van der Waals surface area contributed by atoms with Gasteiger partial charge in [-0.1, -0.05) is 22.9 Å². The molecule has 0 bridgehead atoms. The van der Waals surface area contributed by atoms with Crippen molar-refractivity contribution in [2.45, 2.75) is 26.0 Å². The summed E-state index contributed by atoms with van der Waals surface area (Å²) in [5.74, 6) is 1.22. The van der Waals surface area contributed by atoms with Crippen molar-refractivity contribution in [3.8, 4) is 17.1 Å². The van der Waals surface area contributed by atoms with Crippen LogP contribution in [-0.2, 0) is 6.54 Å². The maximum absolute atomic E-state index is 9.57. The Kier molecular flexibility index (Phi) is 4.49. The average molecular weight is 327 g/mol. The van der Waals surface area contributed by atoms with Gasteiger partial charge in [-0.2, -0.15) is 4.80 Å². The third-order valence-electron chi connectivity index (χ3n) is 2.71. The van der Waals surface area contributed by atoms with E-state index in [9.17, 15) is 5.11 Å². The molecule has 2 rings (SSSR count). The first kappa shape index (κ1) is 14.0. The summed E-state index contributed by atoms with van der Waals surface area (Å²) in [6.45, 7) is 2.24. The lowest BCUT2D eigenvalue weighted by molar-refractivity contribution is 0.138. The fourth-order valence-electron chi connectivity index (χ4n) is 1.55. The van der Waals surface area contributed by atoms with E-state index in [4.69, 9.17) is 4.74 Å². The summed E-state index contributed by atoms with van der Waals surface area (Å²) < 4.78 is 6.04. The first-order valence-electron chi connectivity index (χ1n) is 5.93. The SMILES string of the molecule is CC[C@@H](O)Cn1nnc(-c2cc(OC)ccc2Br)n1. The second-order valence-electron chi connectivity index (χ2n) is 4.08. The molecule has 0 spiro atoms. The molecular formula is C12H15BrN4O2. The molecule has 7 heteroatoms. The Morgan fingerprint density at radius 1 is 1.47 bits per heavy atom. The topological polar surface area (TPSA) is 73.1 Å². The van der Waals surface area contributed by atoms with Gasteiger partial charge in [0.2, 0.25) is 5.82 Å². The zero-order chi connectivity index (χ0) is 13.8. The quantitative estimate of drug-likeness (QED) is 0.908. The van der Waals surface area contributed by atoms with Crippen LogP contribution in [0, 0.1) is 0 Å². The van der Waals surface area contributed by atoms with Crippen LogP contribution in [-0.4, -0.2) is 38.5 Å². The molecular weight excluding hydrogens is 312 g/mol. The zero-order valence-electron chi connectivity index (χ0n) is 10.7. The first-order chi connectivity index (χ1) is 9.13. The van der Waals surface area contributed by atoms with Gasteiger partial charge >= 0.3 is 0 Å². The minimum Gasteiger partial charge on any atom is -0.497 e. The fraction of sp³-hybridized carbons (Fsp3) is 0.417. The van der Waals surface area contributed by atoms with E-state index in [0.29, 0.717) is 18.8 Å². The molecule has 19 heavy (non-hydrogen) atoms. The number of ether oxygens (including phenoxy) is 1. The van der Waals surface area contributed by atoms with Crippen LogP contribution >= 0.6 is 15.9 Å². The van der Waals surface area contributed by atoms with E-state index in [-0.39, 0.29) is 0 Å². The van der Waals surface area contributed by atoms with Crippen molar-refractivity contribution in [1.82, 2.24) is 20.2 Å². The monoisotopic (exact) mass is 326 g/mol. The summed E-state index contributed by atoms with van der Waals surface area (Å²) >= 11 is 3.45. The Bertz CT molecular complexity index is 558. The number of aliphatic hydroxyl groups excluding tert-OH is 1. The summed E-state index contributed by atoms with van der Waals surface area (Å²) in [7, 11) is 1.61. The maximum Gasteiger partial charge on any atom is 0.206 e. The molecule has 1 aromatic carbocycles. The smallest absolute Gasteiger partial charge is 0.206 e. The Balaban J connectivity index is 2.27. The summed E-state index contributed by atoms with van der Waals surface area (Å²) in [6, 6.07) is 5.55. The second kappa shape index (κ2) is 6.12. The largest absolute Gasteiger partial charge is 0.497 e. The van der Waals surface area contributed by atoms with Crippen molar-refractivity contribution < 1.29 is 9.84 Å². The van der Waals surface area contributed by atoms with Gasteiger partial charge in [0.15, 0.2) is 0 Å². The van der Waals surface area contributed by atoms with Crippen LogP contribution in [0.25, 0.3) is 11.4 Å². The number of rotatable bonds is 5. The third kappa shape index (κ3) is 3.30. The number of aromatic nitrogens is 4. The van der Waals surface area contributed by atoms with E-state index in [0.717, 1.165) is 15.8 Å². The van der Waals surface area contributed by atoms with Crippen LogP contribution in [0.3, 0.4) is 0 Å². The van der Waals surface area contributed by atoms with Crippen molar-refractivity contribution in [2.75, 3.05) is 7.11 Å². The van der Waals surface area contributed by atoms with Crippen LogP contribution < -0.4 is 4.74 Å². The molecule has 0 amide bonds. The van der Waals surface area contributed by atoms with Crippen LogP contribution in [0.15, 0.2) is 22.7 Å². The van der Waals surface area contributed by atoms with Gasteiger partial charge in [-0.25, -0.2) is 0 Å². The highest BCUT2D eigenvalue weighted by molar-refractivity contribution is 9.10. The Morgan fingerprint density at radius 3 is 2.95 bits per heavy atom. The molecule has 1 aromatic heterocycles. The molecule has 0 saturated heterocycles. The number of methoxy groups -OCH3 is 1.